The van der Waals surface area contributed by atoms with Crippen molar-refractivity contribution in [2.75, 3.05) is 0 Å². The van der Waals surface area contributed by atoms with Crippen LogP contribution in [0.2, 0.25) is 0 Å². The fourth-order valence-electron chi connectivity index (χ4n) is 2.12. The molecular weight excluding hydrogens is 302 g/mol. The van der Waals surface area contributed by atoms with Crippen LogP contribution in [0.1, 0.15) is 11.3 Å². The van der Waals surface area contributed by atoms with Crippen LogP contribution < -0.4 is 15.9 Å². The van der Waals surface area contributed by atoms with Gasteiger partial charge in [-0.2, -0.15) is 0 Å². The van der Waals surface area contributed by atoms with Crippen LogP contribution in [0.25, 0.3) is 11.0 Å². The third-order valence-corrected chi connectivity index (χ3v) is 3.20. The SMILES string of the molecule is Cl.NCc1cc(=O)c2cc(OCc3ccccc3)ccc2o1. The fourth-order valence-corrected chi connectivity index (χ4v) is 2.12. The minimum Gasteiger partial charge on any atom is -0.489 e. The summed E-state index contributed by atoms with van der Waals surface area (Å²) in [6, 6.07) is 16.5. The Kier molecular flexibility index (Phi) is 5.20. The van der Waals surface area contributed by atoms with Crippen molar-refractivity contribution in [3.63, 3.8) is 0 Å². The number of ether oxygens (including phenoxy) is 1. The van der Waals surface area contributed by atoms with Gasteiger partial charge in [0, 0.05) is 6.07 Å². The Morgan fingerprint density at radius 3 is 2.55 bits per heavy atom. The molecule has 2 N–H and O–H groups in total. The molecule has 0 radical (unpaired) electrons. The molecule has 0 amide bonds. The van der Waals surface area contributed by atoms with E-state index in [0.717, 1.165) is 5.56 Å². The lowest BCUT2D eigenvalue weighted by atomic mass is 10.2. The maximum atomic E-state index is 12.0. The number of hydrogen-bond donors (Lipinski definition) is 1. The van der Waals surface area contributed by atoms with Gasteiger partial charge in [-0.1, -0.05) is 30.3 Å². The first-order valence-corrected chi connectivity index (χ1v) is 6.70. The third kappa shape index (κ3) is 3.47. The number of halogens is 1. The highest BCUT2D eigenvalue weighted by atomic mass is 35.5. The first-order valence-electron chi connectivity index (χ1n) is 6.70. The zero-order chi connectivity index (χ0) is 14.7. The van der Waals surface area contributed by atoms with Crippen LogP contribution in [-0.4, -0.2) is 0 Å². The monoisotopic (exact) mass is 317 g/mol. The van der Waals surface area contributed by atoms with E-state index in [0.29, 0.717) is 29.1 Å². The van der Waals surface area contributed by atoms with Gasteiger partial charge in [0.05, 0.1) is 11.9 Å². The van der Waals surface area contributed by atoms with Gasteiger partial charge >= 0.3 is 0 Å². The summed E-state index contributed by atoms with van der Waals surface area (Å²) in [7, 11) is 0. The van der Waals surface area contributed by atoms with Crippen molar-refractivity contribution < 1.29 is 9.15 Å². The zero-order valence-electron chi connectivity index (χ0n) is 11.8. The van der Waals surface area contributed by atoms with Crippen molar-refractivity contribution in [3.05, 3.63) is 76.1 Å². The maximum Gasteiger partial charge on any atom is 0.193 e. The van der Waals surface area contributed by atoms with E-state index in [2.05, 4.69) is 0 Å². The summed E-state index contributed by atoms with van der Waals surface area (Å²) >= 11 is 0. The average molecular weight is 318 g/mol. The smallest absolute Gasteiger partial charge is 0.193 e. The van der Waals surface area contributed by atoms with Gasteiger partial charge in [-0.15, -0.1) is 12.4 Å². The molecule has 114 valence electrons. The summed E-state index contributed by atoms with van der Waals surface area (Å²) in [4.78, 5) is 12.0. The molecule has 4 nitrogen and oxygen atoms in total. The molecule has 0 atom stereocenters. The summed E-state index contributed by atoms with van der Waals surface area (Å²) in [6.07, 6.45) is 0. The van der Waals surface area contributed by atoms with Crippen LogP contribution in [0, 0.1) is 0 Å². The Balaban J connectivity index is 0.00000176. The maximum absolute atomic E-state index is 12.0. The van der Waals surface area contributed by atoms with Gasteiger partial charge in [0.1, 0.15) is 23.7 Å². The Bertz CT molecular complexity index is 815. The van der Waals surface area contributed by atoms with Crippen LogP contribution in [0.4, 0.5) is 0 Å². The molecule has 1 aromatic heterocycles. The predicted molar refractivity (Wildman–Crippen MR) is 88.4 cm³/mol. The minimum atomic E-state index is -0.109. The van der Waals surface area contributed by atoms with E-state index >= 15 is 0 Å². The fraction of sp³-hybridized carbons (Fsp3) is 0.118. The van der Waals surface area contributed by atoms with Gasteiger partial charge in [0.25, 0.3) is 0 Å². The molecule has 3 aromatic rings. The lowest BCUT2D eigenvalue weighted by molar-refractivity contribution is 0.306. The van der Waals surface area contributed by atoms with Crippen LogP contribution >= 0.6 is 12.4 Å². The highest BCUT2D eigenvalue weighted by Gasteiger charge is 2.06. The van der Waals surface area contributed by atoms with E-state index in [1.165, 1.54) is 6.07 Å². The minimum absolute atomic E-state index is 0. The zero-order valence-corrected chi connectivity index (χ0v) is 12.6. The summed E-state index contributed by atoms with van der Waals surface area (Å²) in [5.41, 5.74) is 6.98. The van der Waals surface area contributed by atoms with Crippen molar-refractivity contribution in [1.29, 1.82) is 0 Å². The molecule has 0 bridgehead atoms. The summed E-state index contributed by atoms with van der Waals surface area (Å²) in [5, 5.41) is 0.498. The van der Waals surface area contributed by atoms with Crippen molar-refractivity contribution >= 4 is 23.4 Å². The molecule has 1 heterocycles. The second-order valence-electron chi connectivity index (χ2n) is 4.71. The van der Waals surface area contributed by atoms with Gasteiger partial charge in [-0.05, 0) is 23.8 Å². The average Bonchev–Trinajstić information content (AvgIpc) is 2.54. The molecule has 0 aliphatic carbocycles. The van der Waals surface area contributed by atoms with Crippen LogP contribution in [0.3, 0.4) is 0 Å². The van der Waals surface area contributed by atoms with Gasteiger partial charge in [0.15, 0.2) is 5.43 Å². The summed E-state index contributed by atoms with van der Waals surface area (Å²) in [6.45, 7) is 0.663. The normalized spacial score (nSPS) is 10.2. The standard InChI is InChI=1S/C17H15NO3.ClH/c18-10-14-9-16(19)15-8-13(6-7-17(15)21-14)20-11-12-4-2-1-3-5-12;/h1-9H,10-11,18H2;1H. The van der Waals surface area contributed by atoms with Crippen LogP contribution in [0.15, 0.2) is 63.8 Å². The molecule has 0 fully saturated rings. The number of nitrogens with two attached hydrogens (primary N) is 1. The predicted octanol–water partition coefficient (Wildman–Crippen LogP) is 3.25. The Morgan fingerprint density at radius 2 is 1.82 bits per heavy atom. The lowest BCUT2D eigenvalue weighted by Crippen LogP contribution is -2.05. The molecule has 0 saturated carbocycles. The van der Waals surface area contributed by atoms with E-state index in [1.807, 2.05) is 30.3 Å². The molecular formula is C17H16ClNO3. The highest BCUT2D eigenvalue weighted by Crippen LogP contribution is 2.20. The molecule has 0 spiro atoms. The van der Waals surface area contributed by atoms with Crippen molar-refractivity contribution in [2.45, 2.75) is 13.2 Å². The van der Waals surface area contributed by atoms with Crippen molar-refractivity contribution in [1.82, 2.24) is 0 Å². The van der Waals surface area contributed by atoms with E-state index in [1.54, 1.807) is 18.2 Å². The van der Waals surface area contributed by atoms with E-state index < -0.39 is 0 Å². The van der Waals surface area contributed by atoms with Crippen LogP contribution in [-0.2, 0) is 13.2 Å². The molecule has 3 rings (SSSR count). The van der Waals surface area contributed by atoms with Crippen molar-refractivity contribution in [3.8, 4) is 5.75 Å². The molecule has 5 heteroatoms. The van der Waals surface area contributed by atoms with Gasteiger partial charge in [0.2, 0.25) is 0 Å². The Morgan fingerprint density at radius 1 is 1.05 bits per heavy atom. The van der Waals surface area contributed by atoms with E-state index in [4.69, 9.17) is 14.9 Å². The Labute approximate surface area is 133 Å². The molecule has 0 saturated heterocycles. The van der Waals surface area contributed by atoms with E-state index in [9.17, 15) is 4.79 Å². The summed E-state index contributed by atoms with van der Waals surface area (Å²) in [5.74, 6) is 1.12. The molecule has 2 aromatic carbocycles. The topological polar surface area (TPSA) is 65.5 Å². The van der Waals surface area contributed by atoms with Gasteiger partial charge < -0.3 is 14.9 Å². The number of fused-ring (bicyclic) bond motifs is 1. The van der Waals surface area contributed by atoms with Crippen LogP contribution in [0.5, 0.6) is 5.75 Å². The quantitative estimate of drug-likeness (QED) is 0.802. The van der Waals surface area contributed by atoms with E-state index in [-0.39, 0.29) is 24.4 Å². The molecule has 0 aliphatic heterocycles. The van der Waals surface area contributed by atoms with Gasteiger partial charge in [-0.3, -0.25) is 4.79 Å². The second-order valence-corrected chi connectivity index (χ2v) is 4.71. The number of hydrogen-bond acceptors (Lipinski definition) is 4. The van der Waals surface area contributed by atoms with Gasteiger partial charge in [-0.25, -0.2) is 0 Å². The largest absolute Gasteiger partial charge is 0.489 e. The molecule has 0 aliphatic rings. The number of rotatable bonds is 4. The van der Waals surface area contributed by atoms with Crippen molar-refractivity contribution in [2.24, 2.45) is 5.73 Å². The first kappa shape index (κ1) is 16.1. The number of benzene rings is 2. The second kappa shape index (κ2) is 7.11. The third-order valence-electron chi connectivity index (χ3n) is 3.20. The Hall–Kier alpha value is -2.30. The highest BCUT2D eigenvalue weighted by molar-refractivity contribution is 5.85. The lowest BCUT2D eigenvalue weighted by Gasteiger charge is -2.07. The summed E-state index contributed by atoms with van der Waals surface area (Å²) < 4.78 is 11.2. The molecule has 0 unspecified atom stereocenters. The molecule has 22 heavy (non-hydrogen) atoms. The first-order chi connectivity index (χ1) is 10.3.